The summed E-state index contributed by atoms with van der Waals surface area (Å²) < 4.78 is 18.7. The Balaban J connectivity index is 2.74. The Kier molecular flexibility index (Phi) is 6.01. The van der Waals surface area contributed by atoms with Crippen LogP contribution in [-0.2, 0) is 4.74 Å². The Hall–Kier alpha value is -2.06. The van der Waals surface area contributed by atoms with Crippen molar-refractivity contribution in [3.63, 3.8) is 0 Å². The van der Waals surface area contributed by atoms with Crippen LogP contribution in [0.5, 0.6) is 0 Å². The summed E-state index contributed by atoms with van der Waals surface area (Å²) in [5.41, 5.74) is -0.690. The zero-order valence-electron chi connectivity index (χ0n) is 10.9. The van der Waals surface area contributed by atoms with Gasteiger partial charge in [-0.3, -0.25) is 14.9 Å². The van der Waals surface area contributed by atoms with Crippen molar-refractivity contribution in [3.05, 3.63) is 39.2 Å². The predicted molar refractivity (Wildman–Crippen MR) is 68.0 cm³/mol. The van der Waals surface area contributed by atoms with Gasteiger partial charge in [-0.1, -0.05) is 0 Å². The summed E-state index contributed by atoms with van der Waals surface area (Å²) in [6.07, 6.45) is 0. The Labute approximate surface area is 114 Å². The molecule has 0 aliphatic heterocycles. The average Bonchev–Trinajstić information content (AvgIpc) is 2.41. The fourth-order valence-electron chi connectivity index (χ4n) is 1.52. The highest BCUT2D eigenvalue weighted by atomic mass is 19.1. The van der Waals surface area contributed by atoms with E-state index in [0.717, 1.165) is 12.1 Å². The highest BCUT2D eigenvalue weighted by Crippen LogP contribution is 2.20. The maximum absolute atomic E-state index is 13.8. The standard InChI is InChI=1S/C12H15FN2O5/c1-8-6-9(15(18)19)7-10(11(8)13)12(17)14-2-4-20-5-3-16/h6-7,16H,2-5H2,1H3,(H,14,17). The number of nitro benzene ring substituents is 1. The number of aryl methyl sites for hydroxylation is 1. The second-order valence-corrected chi connectivity index (χ2v) is 3.97. The molecule has 0 radical (unpaired) electrons. The van der Waals surface area contributed by atoms with Crippen LogP contribution in [0.4, 0.5) is 10.1 Å². The van der Waals surface area contributed by atoms with Crippen LogP contribution in [0.25, 0.3) is 0 Å². The molecule has 1 aromatic rings. The normalized spacial score (nSPS) is 10.3. The zero-order chi connectivity index (χ0) is 15.1. The van der Waals surface area contributed by atoms with Crippen LogP contribution in [0.3, 0.4) is 0 Å². The van der Waals surface area contributed by atoms with E-state index < -0.39 is 16.6 Å². The van der Waals surface area contributed by atoms with Crippen molar-refractivity contribution in [1.82, 2.24) is 5.32 Å². The Morgan fingerprint density at radius 1 is 1.50 bits per heavy atom. The van der Waals surface area contributed by atoms with Gasteiger partial charge in [0.1, 0.15) is 5.82 Å². The zero-order valence-corrected chi connectivity index (χ0v) is 10.9. The average molecular weight is 286 g/mol. The minimum Gasteiger partial charge on any atom is -0.394 e. The second-order valence-electron chi connectivity index (χ2n) is 3.97. The first kappa shape index (κ1) is 16.0. The summed E-state index contributed by atoms with van der Waals surface area (Å²) in [6, 6.07) is 1.96. The molecule has 0 saturated heterocycles. The van der Waals surface area contributed by atoms with E-state index in [1.165, 1.54) is 6.92 Å². The molecule has 0 aliphatic rings. The molecule has 0 aromatic heterocycles. The monoisotopic (exact) mass is 286 g/mol. The van der Waals surface area contributed by atoms with E-state index in [0.29, 0.717) is 0 Å². The summed E-state index contributed by atoms with van der Waals surface area (Å²) in [5.74, 6) is -1.54. The molecule has 0 bridgehead atoms. The Morgan fingerprint density at radius 2 is 2.20 bits per heavy atom. The molecular formula is C12H15FN2O5. The van der Waals surface area contributed by atoms with E-state index in [-0.39, 0.29) is 43.2 Å². The number of aliphatic hydroxyl groups is 1. The van der Waals surface area contributed by atoms with Crippen LogP contribution < -0.4 is 5.32 Å². The van der Waals surface area contributed by atoms with Crippen molar-refractivity contribution in [3.8, 4) is 0 Å². The van der Waals surface area contributed by atoms with Crippen LogP contribution >= 0.6 is 0 Å². The number of amides is 1. The second kappa shape index (κ2) is 7.51. The first-order valence-electron chi connectivity index (χ1n) is 5.88. The largest absolute Gasteiger partial charge is 0.394 e. The van der Waals surface area contributed by atoms with Gasteiger partial charge in [0.2, 0.25) is 0 Å². The number of nitrogens with zero attached hydrogens (tertiary/aromatic N) is 1. The molecule has 110 valence electrons. The smallest absolute Gasteiger partial charge is 0.270 e. The number of nitrogens with one attached hydrogen (secondary N) is 1. The van der Waals surface area contributed by atoms with Crippen molar-refractivity contribution in [1.29, 1.82) is 0 Å². The fourth-order valence-corrected chi connectivity index (χ4v) is 1.52. The lowest BCUT2D eigenvalue weighted by atomic mass is 10.1. The number of ether oxygens (including phenoxy) is 1. The highest BCUT2D eigenvalue weighted by molar-refractivity contribution is 5.95. The van der Waals surface area contributed by atoms with Crippen LogP contribution in [0.2, 0.25) is 0 Å². The van der Waals surface area contributed by atoms with E-state index >= 15 is 0 Å². The predicted octanol–water partition coefficient (Wildman–Crippen LogP) is 0.781. The number of benzene rings is 1. The van der Waals surface area contributed by atoms with Crippen LogP contribution in [0.1, 0.15) is 15.9 Å². The van der Waals surface area contributed by atoms with Crippen LogP contribution in [-0.4, -0.2) is 42.3 Å². The van der Waals surface area contributed by atoms with Crippen molar-refractivity contribution < 1.29 is 24.0 Å². The van der Waals surface area contributed by atoms with Crippen molar-refractivity contribution in [2.75, 3.05) is 26.4 Å². The quantitative estimate of drug-likeness (QED) is 0.438. The minimum absolute atomic E-state index is 0.0286. The molecule has 1 amide bonds. The molecule has 0 atom stereocenters. The number of carbonyl (C=O) groups excluding carboxylic acids is 1. The number of nitro groups is 1. The van der Waals surface area contributed by atoms with Gasteiger partial charge < -0.3 is 15.2 Å². The third-order valence-corrected chi connectivity index (χ3v) is 2.46. The topological polar surface area (TPSA) is 102 Å². The van der Waals surface area contributed by atoms with Crippen molar-refractivity contribution in [2.45, 2.75) is 6.92 Å². The molecule has 1 aromatic carbocycles. The number of non-ortho nitro benzene ring substituents is 1. The molecule has 0 unspecified atom stereocenters. The molecule has 20 heavy (non-hydrogen) atoms. The number of halogens is 1. The van der Waals surface area contributed by atoms with Crippen LogP contribution in [0, 0.1) is 22.9 Å². The number of hydrogen-bond donors (Lipinski definition) is 2. The van der Waals surface area contributed by atoms with Gasteiger partial charge in [0.25, 0.3) is 11.6 Å². The molecular weight excluding hydrogens is 271 g/mol. The molecule has 0 saturated carbocycles. The van der Waals surface area contributed by atoms with E-state index in [4.69, 9.17) is 9.84 Å². The first-order chi connectivity index (χ1) is 9.47. The maximum Gasteiger partial charge on any atom is 0.270 e. The Morgan fingerprint density at radius 3 is 2.80 bits per heavy atom. The third kappa shape index (κ3) is 4.25. The SMILES string of the molecule is Cc1cc([N+](=O)[O-])cc(C(=O)NCCOCCO)c1F. The summed E-state index contributed by atoms with van der Waals surface area (Å²) in [6.45, 7) is 1.62. The molecule has 0 heterocycles. The number of aliphatic hydroxyl groups excluding tert-OH is 1. The lowest BCUT2D eigenvalue weighted by Gasteiger charge is -2.08. The number of carbonyl (C=O) groups is 1. The lowest BCUT2D eigenvalue weighted by molar-refractivity contribution is -0.385. The van der Waals surface area contributed by atoms with Gasteiger partial charge in [-0.15, -0.1) is 0 Å². The molecule has 7 nitrogen and oxygen atoms in total. The van der Waals surface area contributed by atoms with Crippen molar-refractivity contribution in [2.24, 2.45) is 0 Å². The summed E-state index contributed by atoms with van der Waals surface area (Å²) in [7, 11) is 0. The van der Waals surface area contributed by atoms with Gasteiger partial charge in [-0.25, -0.2) is 4.39 Å². The van der Waals surface area contributed by atoms with Gasteiger partial charge in [0.15, 0.2) is 0 Å². The Bertz CT molecular complexity index is 507. The number of hydrogen-bond acceptors (Lipinski definition) is 5. The molecule has 0 spiro atoms. The molecule has 0 fully saturated rings. The summed E-state index contributed by atoms with van der Waals surface area (Å²) in [5, 5.41) is 21.5. The molecule has 1 rings (SSSR count). The van der Waals surface area contributed by atoms with E-state index in [2.05, 4.69) is 5.32 Å². The fraction of sp³-hybridized carbons (Fsp3) is 0.417. The lowest BCUT2D eigenvalue weighted by Crippen LogP contribution is -2.28. The van der Waals surface area contributed by atoms with Gasteiger partial charge in [-0.05, 0) is 12.5 Å². The minimum atomic E-state index is -0.788. The summed E-state index contributed by atoms with van der Waals surface area (Å²) >= 11 is 0. The van der Waals surface area contributed by atoms with Gasteiger partial charge in [0.05, 0.1) is 30.3 Å². The first-order valence-corrected chi connectivity index (χ1v) is 5.88. The van der Waals surface area contributed by atoms with E-state index in [1.807, 2.05) is 0 Å². The number of rotatable bonds is 7. The van der Waals surface area contributed by atoms with Gasteiger partial charge in [0, 0.05) is 18.7 Å². The summed E-state index contributed by atoms with van der Waals surface area (Å²) in [4.78, 5) is 21.7. The van der Waals surface area contributed by atoms with Crippen molar-refractivity contribution >= 4 is 11.6 Å². The molecule has 2 N–H and O–H groups in total. The maximum atomic E-state index is 13.8. The highest BCUT2D eigenvalue weighted by Gasteiger charge is 2.19. The van der Waals surface area contributed by atoms with Gasteiger partial charge in [-0.2, -0.15) is 0 Å². The van der Waals surface area contributed by atoms with Crippen LogP contribution in [0.15, 0.2) is 12.1 Å². The van der Waals surface area contributed by atoms with E-state index in [1.54, 1.807) is 0 Å². The van der Waals surface area contributed by atoms with E-state index in [9.17, 15) is 19.3 Å². The third-order valence-electron chi connectivity index (χ3n) is 2.46. The molecule has 8 heteroatoms. The van der Waals surface area contributed by atoms with Gasteiger partial charge >= 0.3 is 0 Å². The molecule has 0 aliphatic carbocycles.